The maximum atomic E-state index is 12.3. The predicted octanol–water partition coefficient (Wildman–Crippen LogP) is 3.13. The van der Waals surface area contributed by atoms with Crippen LogP contribution in [0.15, 0.2) is 48.5 Å². The number of rotatable bonds is 7. The number of amides is 3. The summed E-state index contributed by atoms with van der Waals surface area (Å²) in [6.45, 7) is 5.82. The van der Waals surface area contributed by atoms with E-state index in [1.807, 2.05) is 69.3 Å². The van der Waals surface area contributed by atoms with E-state index in [0.717, 1.165) is 33.3 Å². The fourth-order valence-corrected chi connectivity index (χ4v) is 3.50. The van der Waals surface area contributed by atoms with Gasteiger partial charge in [0.15, 0.2) is 0 Å². The van der Waals surface area contributed by atoms with Crippen LogP contribution >= 0.6 is 0 Å². The van der Waals surface area contributed by atoms with Crippen molar-refractivity contribution in [2.24, 2.45) is 0 Å². The van der Waals surface area contributed by atoms with E-state index in [2.05, 4.69) is 21.2 Å². The average Bonchev–Trinajstić information content (AvgIpc) is 3.05. The highest BCUT2D eigenvalue weighted by Gasteiger charge is 2.14. The molecule has 2 aromatic carbocycles. The van der Waals surface area contributed by atoms with Gasteiger partial charge in [0.05, 0.1) is 12.5 Å². The third kappa shape index (κ3) is 5.94. The average molecular weight is 421 g/mol. The molecule has 162 valence electrons. The molecular weight excluding hydrogens is 392 g/mol. The lowest BCUT2D eigenvalue weighted by molar-refractivity contribution is -0.130. The molecule has 1 atom stereocenters. The zero-order valence-corrected chi connectivity index (χ0v) is 18.0. The minimum absolute atomic E-state index is 0.0149. The molecular formula is C24H28N4O3. The first-order chi connectivity index (χ1) is 14.8. The van der Waals surface area contributed by atoms with Crippen molar-refractivity contribution >= 4 is 28.6 Å². The maximum absolute atomic E-state index is 12.3. The Kier molecular flexibility index (Phi) is 7.07. The molecule has 0 aliphatic heterocycles. The predicted molar refractivity (Wildman–Crippen MR) is 120 cm³/mol. The van der Waals surface area contributed by atoms with Gasteiger partial charge in [-0.3, -0.25) is 25.2 Å². The molecule has 31 heavy (non-hydrogen) atoms. The van der Waals surface area contributed by atoms with Crippen molar-refractivity contribution in [3.05, 3.63) is 70.9 Å². The van der Waals surface area contributed by atoms with E-state index in [1.54, 1.807) is 0 Å². The molecule has 0 aliphatic carbocycles. The van der Waals surface area contributed by atoms with Gasteiger partial charge in [0, 0.05) is 29.4 Å². The summed E-state index contributed by atoms with van der Waals surface area (Å²) in [5.74, 6) is -0.953. The first-order valence-corrected chi connectivity index (χ1v) is 10.3. The molecule has 3 amide bonds. The molecule has 0 spiro atoms. The molecule has 1 heterocycles. The molecule has 3 rings (SSSR count). The standard InChI is InChI=1S/C24H28N4O3/c1-15-9-10-21-20(13-15)19(17(3)25-21)14-24(31)28-27-23(30)12-11-22(29)26-16(2)18-7-5-4-6-8-18/h4-10,13,16,25H,11-12,14H2,1-3H3,(H,26,29)(H,27,30)(H,28,31)/t16-/m1/s1. The van der Waals surface area contributed by atoms with Crippen LogP contribution in [0.5, 0.6) is 0 Å². The number of benzene rings is 2. The Hall–Kier alpha value is -3.61. The van der Waals surface area contributed by atoms with E-state index in [4.69, 9.17) is 0 Å². The SMILES string of the molecule is Cc1ccc2[nH]c(C)c(CC(=O)NNC(=O)CCC(=O)N[C@H](C)c3ccccc3)c2c1. The van der Waals surface area contributed by atoms with E-state index >= 15 is 0 Å². The van der Waals surface area contributed by atoms with Crippen LogP contribution in [0.3, 0.4) is 0 Å². The normalized spacial score (nSPS) is 11.7. The molecule has 7 heteroatoms. The van der Waals surface area contributed by atoms with Crippen LogP contribution in [0.25, 0.3) is 10.9 Å². The van der Waals surface area contributed by atoms with Crippen LogP contribution in [0.1, 0.15) is 48.2 Å². The van der Waals surface area contributed by atoms with Crippen molar-refractivity contribution in [2.45, 2.75) is 46.1 Å². The highest BCUT2D eigenvalue weighted by molar-refractivity contribution is 5.91. The van der Waals surface area contributed by atoms with E-state index < -0.39 is 5.91 Å². The smallest absolute Gasteiger partial charge is 0.242 e. The molecule has 0 radical (unpaired) electrons. The van der Waals surface area contributed by atoms with Gasteiger partial charge >= 0.3 is 0 Å². The first kappa shape index (κ1) is 22.1. The fourth-order valence-electron chi connectivity index (χ4n) is 3.50. The van der Waals surface area contributed by atoms with Crippen molar-refractivity contribution in [1.29, 1.82) is 0 Å². The Morgan fingerprint density at radius 3 is 2.32 bits per heavy atom. The second kappa shape index (κ2) is 9.93. The van der Waals surface area contributed by atoms with Gasteiger partial charge in [-0.15, -0.1) is 0 Å². The summed E-state index contributed by atoms with van der Waals surface area (Å²) >= 11 is 0. The highest BCUT2D eigenvalue weighted by Crippen LogP contribution is 2.23. The molecule has 0 aliphatic rings. The van der Waals surface area contributed by atoms with E-state index in [-0.39, 0.29) is 37.1 Å². The Bertz CT molecular complexity index is 1090. The number of hydrogen-bond donors (Lipinski definition) is 4. The van der Waals surface area contributed by atoms with Gasteiger partial charge in [0.1, 0.15) is 0 Å². The number of hydrogen-bond acceptors (Lipinski definition) is 3. The topological polar surface area (TPSA) is 103 Å². The van der Waals surface area contributed by atoms with Crippen LogP contribution in [0, 0.1) is 13.8 Å². The van der Waals surface area contributed by atoms with Crippen molar-refractivity contribution in [1.82, 2.24) is 21.2 Å². The number of aryl methyl sites for hydroxylation is 2. The number of aromatic amines is 1. The van der Waals surface area contributed by atoms with Gasteiger partial charge in [-0.05, 0) is 44.0 Å². The number of aromatic nitrogens is 1. The van der Waals surface area contributed by atoms with E-state index in [0.29, 0.717) is 0 Å². The van der Waals surface area contributed by atoms with E-state index in [9.17, 15) is 14.4 Å². The van der Waals surface area contributed by atoms with Gasteiger partial charge in [-0.25, -0.2) is 0 Å². The van der Waals surface area contributed by atoms with Gasteiger partial charge in [0.2, 0.25) is 17.7 Å². The zero-order chi connectivity index (χ0) is 22.4. The summed E-state index contributed by atoms with van der Waals surface area (Å²) in [4.78, 5) is 39.7. The summed E-state index contributed by atoms with van der Waals surface area (Å²) < 4.78 is 0. The number of fused-ring (bicyclic) bond motifs is 1. The van der Waals surface area contributed by atoms with Gasteiger partial charge in [0.25, 0.3) is 0 Å². The van der Waals surface area contributed by atoms with E-state index in [1.165, 1.54) is 0 Å². The summed E-state index contributed by atoms with van der Waals surface area (Å²) in [5, 5.41) is 3.87. The lowest BCUT2D eigenvalue weighted by Gasteiger charge is -2.14. The van der Waals surface area contributed by atoms with Crippen LogP contribution in [0.4, 0.5) is 0 Å². The monoisotopic (exact) mass is 420 g/mol. The minimum Gasteiger partial charge on any atom is -0.358 e. The summed E-state index contributed by atoms with van der Waals surface area (Å²) in [7, 11) is 0. The Morgan fingerprint density at radius 1 is 0.903 bits per heavy atom. The molecule has 7 nitrogen and oxygen atoms in total. The summed E-state index contributed by atoms with van der Waals surface area (Å²) in [6.07, 6.45) is 0.170. The fraction of sp³-hybridized carbons (Fsp3) is 0.292. The first-order valence-electron chi connectivity index (χ1n) is 10.3. The molecule has 1 aromatic heterocycles. The zero-order valence-electron chi connectivity index (χ0n) is 18.0. The van der Waals surface area contributed by atoms with Crippen molar-refractivity contribution in [2.75, 3.05) is 0 Å². The molecule has 0 saturated heterocycles. The summed E-state index contributed by atoms with van der Waals surface area (Å²) in [5.41, 5.74) is 9.73. The minimum atomic E-state index is -0.414. The van der Waals surface area contributed by atoms with Crippen LogP contribution in [-0.4, -0.2) is 22.7 Å². The molecule has 0 unspecified atom stereocenters. The molecule has 0 bridgehead atoms. The third-order valence-corrected chi connectivity index (χ3v) is 5.21. The molecule has 0 fully saturated rings. The van der Waals surface area contributed by atoms with Crippen molar-refractivity contribution in [3.63, 3.8) is 0 Å². The van der Waals surface area contributed by atoms with Crippen LogP contribution < -0.4 is 16.2 Å². The quantitative estimate of drug-likeness (QED) is 0.442. The largest absolute Gasteiger partial charge is 0.358 e. The number of nitrogens with one attached hydrogen (secondary N) is 4. The lowest BCUT2D eigenvalue weighted by atomic mass is 10.1. The molecule has 3 aromatic rings. The number of hydrazine groups is 1. The van der Waals surface area contributed by atoms with Crippen molar-refractivity contribution in [3.8, 4) is 0 Å². The molecule has 0 saturated carbocycles. The Balaban J connectivity index is 1.43. The van der Waals surface area contributed by atoms with Gasteiger partial charge < -0.3 is 10.3 Å². The number of carbonyl (C=O) groups excluding carboxylic acids is 3. The second-order valence-corrected chi connectivity index (χ2v) is 7.75. The third-order valence-electron chi connectivity index (χ3n) is 5.21. The van der Waals surface area contributed by atoms with Crippen molar-refractivity contribution < 1.29 is 14.4 Å². The Morgan fingerprint density at radius 2 is 1.58 bits per heavy atom. The lowest BCUT2D eigenvalue weighted by Crippen LogP contribution is -2.42. The van der Waals surface area contributed by atoms with Gasteiger partial charge in [-0.2, -0.15) is 0 Å². The van der Waals surface area contributed by atoms with Crippen LogP contribution in [0.2, 0.25) is 0 Å². The highest BCUT2D eigenvalue weighted by atomic mass is 16.2. The second-order valence-electron chi connectivity index (χ2n) is 7.75. The maximum Gasteiger partial charge on any atom is 0.242 e. The number of H-pyrrole nitrogens is 1. The molecule has 4 N–H and O–H groups in total. The van der Waals surface area contributed by atoms with Gasteiger partial charge in [-0.1, -0.05) is 42.0 Å². The Labute approximate surface area is 181 Å². The summed E-state index contributed by atoms with van der Waals surface area (Å²) in [6, 6.07) is 15.5. The number of carbonyl (C=O) groups is 3. The van der Waals surface area contributed by atoms with Crippen LogP contribution in [-0.2, 0) is 20.8 Å².